The third-order valence-corrected chi connectivity index (χ3v) is 4.33. The zero-order valence-corrected chi connectivity index (χ0v) is 14.8. The van der Waals surface area contributed by atoms with Gasteiger partial charge in [-0.3, -0.25) is 4.79 Å². The molecule has 1 heterocycles. The fourth-order valence-electron chi connectivity index (χ4n) is 2.02. The average Bonchev–Trinajstić information content (AvgIpc) is 2.56. The summed E-state index contributed by atoms with van der Waals surface area (Å²) >= 11 is 1.13. The molecule has 0 saturated carbocycles. The maximum atomic E-state index is 12.4. The molecule has 1 amide bonds. The van der Waals surface area contributed by atoms with Crippen LogP contribution in [-0.2, 0) is 4.79 Å². The Hall–Kier alpha value is -2.92. The summed E-state index contributed by atoms with van der Waals surface area (Å²) in [4.78, 5) is 16.5. The molecule has 8 heteroatoms. The number of nitrogens with zero attached hydrogens (tertiary/aromatic N) is 2. The van der Waals surface area contributed by atoms with E-state index in [2.05, 4.69) is 10.3 Å². The van der Waals surface area contributed by atoms with Gasteiger partial charge in [-0.2, -0.15) is 5.26 Å². The smallest absolute Gasteiger partial charge is 0.237 e. The highest BCUT2D eigenvalue weighted by Crippen LogP contribution is 2.30. The zero-order valence-electron chi connectivity index (χ0n) is 13.9. The first-order valence-electron chi connectivity index (χ1n) is 7.61. The second-order valence-corrected chi connectivity index (χ2v) is 6.46. The number of anilines is 3. The first kappa shape index (κ1) is 18.4. The number of carbonyl (C=O) groups excluding carboxylic acids is 1. The van der Waals surface area contributed by atoms with E-state index in [9.17, 15) is 10.1 Å². The van der Waals surface area contributed by atoms with E-state index in [1.807, 2.05) is 13.0 Å². The first-order chi connectivity index (χ1) is 11.9. The van der Waals surface area contributed by atoms with Gasteiger partial charge in [-0.25, -0.2) is 4.98 Å². The van der Waals surface area contributed by atoms with Gasteiger partial charge >= 0.3 is 0 Å². The largest absolute Gasteiger partial charge is 0.494 e. The number of amides is 1. The van der Waals surface area contributed by atoms with Crippen LogP contribution in [0.2, 0.25) is 0 Å². The Balaban J connectivity index is 2.07. The SMILES string of the molecule is CCOc1ccc(NC(=O)[C@@H](C)Sc2nc(N)cc(N)c2C#N)cc1. The summed E-state index contributed by atoms with van der Waals surface area (Å²) in [5.41, 5.74) is 12.6. The summed E-state index contributed by atoms with van der Waals surface area (Å²) in [7, 11) is 0. The summed E-state index contributed by atoms with van der Waals surface area (Å²) in [5, 5.41) is 11.9. The summed E-state index contributed by atoms with van der Waals surface area (Å²) < 4.78 is 5.36. The molecule has 1 aromatic carbocycles. The summed E-state index contributed by atoms with van der Waals surface area (Å²) in [5.74, 6) is 0.722. The number of carbonyl (C=O) groups is 1. The van der Waals surface area contributed by atoms with E-state index in [1.54, 1.807) is 31.2 Å². The fraction of sp³-hybridized carbons (Fsp3) is 0.235. The van der Waals surface area contributed by atoms with Crippen LogP contribution >= 0.6 is 11.8 Å². The number of thioether (sulfide) groups is 1. The van der Waals surface area contributed by atoms with Crippen LogP contribution in [0.5, 0.6) is 5.75 Å². The molecular weight excluding hydrogens is 338 g/mol. The zero-order chi connectivity index (χ0) is 18.4. The van der Waals surface area contributed by atoms with Crippen LogP contribution in [-0.4, -0.2) is 22.7 Å². The van der Waals surface area contributed by atoms with Gasteiger partial charge in [-0.05, 0) is 38.1 Å². The molecule has 0 radical (unpaired) electrons. The topological polar surface area (TPSA) is 127 Å². The summed E-state index contributed by atoms with van der Waals surface area (Å²) in [6.45, 7) is 4.20. The minimum atomic E-state index is -0.493. The van der Waals surface area contributed by atoms with Gasteiger partial charge in [0.15, 0.2) is 0 Å². The van der Waals surface area contributed by atoms with Crippen molar-refractivity contribution in [2.75, 3.05) is 23.4 Å². The Kier molecular flexibility index (Phi) is 6.08. The lowest BCUT2D eigenvalue weighted by atomic mass is 10.2. The van der Waals surface area contributed by atoms with Crippen molar-refractivity contribution in [1.82, 2.24) is 4.98 Å². The minimum Gasteiger partial charge on any atom is -0.494 e. The molecule has 0 spiro atoms. The monoisotopic (exact) mass is 357 g/mol. The van der Waals surface area contributed by atoms with Crippen molar-refractivity contribution >= 4 is 34.9 Å². The van der Waals surface area contributed by atoms with Crippen molar-refractivity contribution in [3.63, 3.8) is 0 Å². The Morgan fingerprint density at radius 3 is 2.68 bits per heavy atom. The third kappa shape index (κ3) is 4.78. The molecule has 0 fully saturated rings. The molecule has 0 saturated heterocycles. The number of nitrogen functional groups attached to an aromatic ring is 2. The van der Waals surface area contributed by atoms with Gasteiger partial charge in [0.2, 0.25) is 5.91 Å². The van der Waals surface area contributed by atoms with Crippen molar-refractivity contribution in [1.29, 1.82) is 5.26 Å². The molecule has 5 N–H and O–H groups in total. The van der Waals surface area contributed by atoms with Gasteiger partial charge < -0.3 is 21.5 Å². The van der Waals surface area contributed by atoms with Crippen molar-refractivity contribution in [2.24, 2.45) is 0 Å². The molecule has 0 aliphatic carbocycles. The third-order valence-electron chi connectivity index (χ3n) is 3.24. The lowest BCUT2D eigenvalue weighted by Crippen LogP contribution is -2.22. The quantitative estimate of drug-likeness (QED) is 0.678. The van der Waals surface area contributed by atoms with Crippen molar-refractivity contribution in [2.45, 2.75) is 24.1 Å². The second kappa shape index (κ2) is 8.26. The van der Waals surface area contributed by atoms with Crippen molar-refractivity contribution in [3.8, 4) is 11.8 Å². The standard InChI is InChI=1S/C17H19N5O2S/c1-3-24-12-6-4-11(5-7-12)21-16(23)10(2)25-17-13(9-18)14(19)8-15(20)22-17/h4-8,10H,3H2,1-2H3,(H,21,23)(H4,19,20,22)/t10-/m1/s1. The predicted octanol–water partition coefficient (Wildman–Crippen LogP) is 2.64. The van der Waals surface area contributed by atoms with E-state index >= 15 is 0 Å². The highest BCUT2D eigenvalue weighted by atomic mass is 32.2. The van der Waals surface area contributed by atoms with Gasteiger partial charge in [-0.15, -0.1) is 0 Å². The molecule has 25 heavy (non-hydrogen) atoms. The van der Waals surface area contributed by atoms with Gasteiger partial charge in [0, 0.05) is 11.8 Å². The fourth-order valence-corrected chi connectivity index (χ4v) is 2.96. The predicted molar refractivity (Wildman–Crippen MR) is 99.3 cm³/mol. The lowest BCUT2D eigenvalue weighted by Gasteiger charge is -2.13. The average molecular weight is 357 g/mol. The minimum absolute atomic E-state index is 0.207. The molecule has 0 aliphatic heterocycles. The molecule has 7 nitrogen and oxygen atoms in total. The van der Waals surface area contributed by atoms with Gasteiger partial charge in [-0.1, -0.05) is 11.8 Å². The number of benzene rings is 1. The molecule has 0 bridgehead atoms. The number of pyridine rings is 1. The van der Waals surface area contributed by atoms with E-state index in [0.29, 0.717) is 17.3 Å². The number of aromatic nitrogens is 1. The lowest BCUT2D eigenvalue weighted by molar-refractivity contribution is -0.115. The highest BCUT2D eigenvalue weighted by molar-refractivity contribution is 8.00. The van der Waals surface area contributed by atoms with Crippen LogP contribution in [0.3, 0.4) is 0 Å². The summed E-state index contributed by atoms with van der Waals surface area (Å²) in [6, 6.07) is 10.5. The number of nitrogens with two attached hydrogens (primary N) is 2. The molecule has 1 atom stereocenters. The highest BCUT2D eigenvalue weighted by Gasteiger charge is 2.19. The number of rotatable bonds is 6. The molecular formula is C17H19N5O2S. The second-order valence-electron chi connectivity index (χ2n) is 5.14. The molecule has 2 aromatic rings. The maximum Gasteiger partial charge on any atom is 0.237 e. The van der Waals surface area contributed by atoms with E-state index in [-0.39, 0.29) is 23.0 Å². The van der Waals surface area contributed by atoms with E-state index in [1.165, 1.54) is 6.07 Å². The Bertz CT molecular complexity index is 802. The molecule has 0 aliphatic rings. The van der Waals surface area contributed by atoms with Gasteiger partial charge in [0.1, 0.15) is 28.2 Å². The Morgan fingerprint density at radius 1 is 1.40 bits per heavy atom. The van der Waals surface area contributed by atoms with Crippen molar-refractivity contribution < 1.29 is 9.53 Å². The molecule has 130 valence electrons. The molecule has 1 aromatic heterocycles. The normalized spacial score (nSPS) is 11.4. The first-order valence-corrected chi connectivity index (χ1v) is 8.49. The van der Waals surface area contributed by atoms with E-state index < -0.39 is 5.25 Å². The van der Waals surface area contributed by atoms with Crippen LogP contribution in [0.25, 0.3) is 0 Å². The molecule has 0 unspecified atom stereocenters. The van der Waals surface area contributed by atoms with Crippen LogP contribution < -0.4 is 21.5 Å². The molecule has 2 rings (SSSR count). The number of nitriles is 1. The van der Waals surface area contributed by atoms with Crippen LogP contribution in [0.15, 0.2) is 35.4 Å². The number of hydrogen-bond acceptors (Lipinski definition) is 7. The maximum absolute atomic E-state index is 12.4. The Morgan fingerprint density at radius 2 is 2.08 bits per heavy atom. The number of ether oxygens (including phenoxy) is 1. The number of nitrogens with one attached hydrogen (secondary N) is 1. The van der Waals surface area contributed by atoms with Crippen LogP contribution in [0.4, 0.5) is 17.2 Å². The summed E-state index contributed by atoms with van der Waals surface area (Å²) in [6.07, 6.45) is 0. The van der Waals surface area contributed by atoms with Crippen LogP contribution in [0, 0.1) is 11.3 Å². The Labute approximate surface area is 150 Å². The van der Waals surface area contributed by atoms with E-state index in [0.717, 1.165) is 17.5 Å². The van der Waals surface area contributed by atoms with Gasteiger partial charge in [0.25, 0.3) is 0 Å². The van der Waals surface area contributed by atoms with Gasteiger partial charge in [0.05, 0.1) is 17.5 Å². The number of hydrogen-bond donors (Lipinski definition) is 3. The van der Waals surface area contributed by atoms with Crippen molar-refractivity contribution in [3.05, 3.63) is 35.9 Å². The van der Waals surface area contributed by atoms with E-state index in [4.69, 9.17) is 16.2 Å². The van der Waals surface area contributed by atoms with Crippen LogP contribution in [0.1, 0.15) is 19.4 Å².